The molecule has 0 saturated heterocycles. The van der Waals surface area contributed by atoms with Gasteiger partial charge in [-0.05, 0) is 18.1 Å². The lowest BCUT2D eigenvalue weighted by atomic mass is 10.1. The lowest BCUT2D eigenvalue weighted by molar-refractivity contribution is 0.104. The van der Waals surface area contributed by atoms with E-state index in [4.69, 9.17) is 0 Å². The van der Waals surface area contributed by atoms with E-state index in [9.17, 15) is 13.2 Å². The largest absolute Gasteiger partial charge is 0.288 e. The van der Waals surface area contributed by atoms with Crippen LogP contribution >= 0.6 is 11.3 Å². The SMILES string of the molecule is CC(C)CS(=O)(=O)NCc1ccc(C(=O)c2ccccc2)s1. The van der Waals surface area contributed by atoms with Crippen molar-refractivity contribution in [2.75, 3.05) is 5.75 Å². The molecule has 0 aliphatic rings. The van der Waals surface area contributed by atoms with Gasteiger partial charge in [0.05, 0.1) is 10.6 Å². The van der Waals surface area contributed by atoms with Gasteiger partial charge in [-0.3, -0.25) is 4.79 Å². The molecule has 2 aromatic rings. The van der Waals surface area contributed by atoms with E-state index in [1.165, 1.54) is 11.3 Å². The van der Waals surface area contributed by atoms with Crippen LogP contribution in [0.2, 0.25) is 0 Å². The summed E-state index contributed by atoms with van der Waals surface area (Å²) in [6, 6.07) is 12.6. The first-order valence-electron chi connectivity index (χ1n) is 7.03. The maximum Gasteiger partial charge on any atom is 0.212 e. The summed E-state index contributed by atoms with van der Waals surface area (Å²) in [6.45, 7) is 3.95. The Hall–Kier alpha value is -1.50. The fourth-order valence-corrected chi connectivity index (χ4v) is 4.38. The molecule has 22 heavy (non-hydrogen) atoms. The maximum atomic E-state index is 12.3. The van der Waals surface area contributed by atoms with Gasteiger partial charge in [-0.2, -0.15) is 0 Å². The highest BCUT2D eigenvalue weighted by Gasteiger charge is 2.15. The van der Waals surface area contributed by atoms with E-state index in [1.54, 1.807) is 24.3 Å². The van der Waals surface area contributed by atoms with Gasteiger partial charge in [0.25, 0.3) is 0 Å². The average Bonchev–Trinajstić information content (AvgIpc) is 2.93. The van der Waals surface area contributed by atoms with Crippen molar-refractivity contribution in [1.82, 2.24) is 4.72 Å². The molecule has 1 N–H and O–H groups in total. The van der Waals surface area contributed by atoms with Crippen LogP contribution in [0.15, 0.2) is 42.5 Å². The Morgan fingerprint density at radius 1 is 1.14 bits per heavy atom. The highest BCUT2D eigenvalue weighted by Crippen LogP contribution is 2.20. The van der Waals surface area contributed by atoms with Gasteiger partial charge in [0, 0.05) is 17.0 Å². The van der Waals surface area contributed by atoms with Crippen molar-refractivity contribution < 1.29 is 13.2 Å². The summed E-state index contributed by atoms with van der Waals surface area (Å²) in [4.78, 5) is 13.7. The van der Waals surface area contributed by atoms with Crippen molar-refractivity contribution in [2.45, 2.75) is 20.4 Å². The summed E-state index contributed by atoms with van der Waals surface area (Å²) in [7, 11) is -3.27. The van der Waals surface area contributed by atoms with E-state index < -0.39 is 10.0 Å². The van der Waals surface area contributed by atoms with Gasteiger partial charge >= 0.3 is 0 Å². The molecular formula is C16H19NO3S2. The molecule has 118 valence electrons. The van der Waals surface area contributed by atoms with Crippen LogP contribution in [0.1, 0.15) is 34.0 Å². The monoisotopic (exact) mass is 337 g/mol. The number of thiophene rings is 1. The minimum atomic E-state index is -3.27. The average molecular weight is 337 g/mol. The fourth-order valence-electron chi connectivity index (χ4n) is 2.01. The minimum Gasteiger partial charge on any atom is -0.288 e. The first kappa shape index (κ1) is 16.9. The molecule has 0 aliphatic carbocycles. The first-order valence-corrected chi connectivity index (χ1v) is 9.50. The number of ketones is 1. The molecule has 6 heteroatoms. The standard InChI is InChI=1S/C16H19NO3S2/c1-12(2)11-22(19,20)17-10-14-8-9-15(21-14)16(18)13-6-4-3-5-7-13/h3-9,12,17H,10-11H2,1-2H3. The smallest absolute Gasteiger partial charge is 0.212 e. The molecule has 0 atom stereocenters. The van der Waals surface area contributed by atoms with E-state index >= 15 is 0 Å². The summed E-state index contributed by atoms with van der Waals surface area (Å²) < 4.78 is 26.2. The van der Waals surface area contributed by atoms with Crippen molar-refractivity contribution in [3.63, 3.8) is 0 Å². The second-order valence-corrected chi connectivity index (χ2v) is 8.48. The van der Waals surface area contributed by atoms with Crippen molar-refractivity contribution in [3.8, 4) is 0 Å². The molecule has 2 rings (SSSR count). The Morgan fingerprint density at radius 3 is 2.45 bits per heavy atom. The third kappa shape index (κ3) is 4.76. The van der Waals surface area contributed by atoms with Gasteiger partial charge in [-0.15, -0.1) is 11.3 Å². The number of hydrogen-bond donors (Lipinski definition) is 1. The molecule has 1 aromatic carbocycles. The Labute approximate surface area is 135 Å². The molecule has 0 aliphatic heterocycles. The van der Waals surface area contributed by atoms with E-state index in [0.717, 1.165) is 4.88 Å². The van der Waals surface area contributed by atoms with Crippen LogP contribution in [-0.4, -0.2) is 20.0 Å². The molecule has 4 nitrogen and oxygen atoms in total. The second kappa shape index (κ2) is 7.17. The van der Waals surface area contributed by atoms with Crippen molar-refractivity contribution in [3.05, 3.63) is 57.8 Å². The lowest BCUT2D eigenvalue weighted by Crippen LogP contribution is -2.27. The topological polar surface area (TPSA) is 63.2 Å². The van der Waals surface area contributed by atoms with Gasteiger partial charge in [-0.1, -0.05) is 44.2 Å². The number of carbonyl (C=O) groups excluding carboxylic acids is 1. The zero-order chi connectivity index (χ0) is 16.2. The van der Waals surface area contributed by atoms with Crippen LogP contribution in [-0.2, 0) is 16.6 Å². The number of nitrogens with one attached hydrogen (secondary N) is 1. The molecule has 0 amide bonds. The van der Waals surface area contributed by atoms with Crippen molar-refractivity contribution >= 4 is 27.1 Å². The normalized spacial score (nSPS) is 11.8. The number of carbonyl (C=O) groups is 1. The van der Waals surface area contributed by atoms with Gasteiger partial charge in [-0.25, -0.2) is 13.1 Å². The predicted octanol–water partition coefficient (Wildman–Crippen LogP) is 3.05. The second-order valence-electron chi connectivity index (χ2n) is 5.46. The first-order chi connectivity index (χ1) is 10.4. The van der Waals surface area contributed by atoms with Crippen LogP contribution in [0.4, 0.5) is 0 Å². The molecule has 0 radical (unpaired) electrons. The number of benzene rings is 1. The number of sulfonamides is 1. The summed E-state index contributed by atoms with van der Waals surface area (Å²) in [5.41, 5.74) is 0.635. The van der Waals surface area contributed by atoms with Gasteiger partial charge in [0.1, 0.15) is 0 Å². The third-order valence-corrected chi connectivity index (χ3v) is 5.71. The summed E-state index contributed by atoms with van der Waals surface area (Å²) >= 11 is 1.32. The molecule has 0 fully saturated rings. The Balaban J connectivity index is 2.02. The molecule has 1 heterocycles. The summed E-state index contributed by atoms with van der Waals surface area (Å²) in [5.74, 6) is 0.145. The van der Waals surface area contributed by atoms with E-state index in [1.807, 2.05) is 32.0 Å². The Morgan fingerprint density at radius 2 is 1.82 bits per heavy atom. The Bertz CT molecular complexity index is 734. The third-order valence-electron chi connectivity index (χ3n) is 2.94. The molecule has 0 bridgehead atoms. The van der Waals surface area contributed by atoms with E-state index in [0.29, 0.717) is 10.4 Å². The summed E-state index contributed by atoms with van der Waals surface area (Å²) in [6.07, 6.45) is 0. The maximum absolute atomic E-state index is 12.3. The number of rotatable bonds is 7. The molecular weight excluding hydrogens is 318 g/mol. The molecule has 0 saturated carbocycles. The zero-order valence-electron chi connectivity index (χ0n) is 12.6. The molecule has 1 aromatic heterocycles. The van der Waals surface area contributed by atoms with Gasteiger partial charge in [0.15, 0.2) is 0 Å². The van der Waals surface area contributed by atoms with Gasteiger partial charge < -0.3 is 0 Å². The predicted molar refractivity (Wildman–Crippen MR) is 89.7 cm³/mol. The number of hydrogen-bond acceptors (Lipinski definition) is 4. The van der Waals surface area contributed by atoms with E-state index in [2.05, 4.69) is 4.72 Å². The van der Waals surface area contributed by atoms with Crippen molar-refractivity contribution in [1.29, 1.82) is 0 Å². The van der Waals surface area contributed by atoms with Crippen LogP contribution in [0.5, 0.6) is 0 Å². The van der Waals surface area contributed by atoms with Crippen molar-refractivity contribution in [2.24, 2.45) is 5.92 Å². The molecule has 0 unspecified atom stereocenters. The van der Waals surface area contributed by atoms with Crippen LogP contribution < -0.4 is 4.72 Å². The quantitative estimate of drug-likeness (QED) is 0.790. The van der Waals surface area contributed by atoms with Crippen LogP contribution in [0, 0.1) is 5.92 Å². The van der Waals surface area contributed by atoms with Gasteiger partial charge in [0.2, 0.25) is 15.8 Å². The van der Waals surface area contributed by atoms with E-state index in [-0.39, 0.29) is 24.0 Å². The highest BCUT2D eigenvalue weighted by molar-refractivity contribution is 7.89. The lowest BCUT2D eigenvalue weighted by Gasteiger charge is -2.07. The Kier molecular flexibility index (Phi) is 5.50. The zero-order valence-corrected chi connectivity index (χ0v) is 14.2. The summed E-state index contributed by atoms with van der Waals surface area (Å²) in [5, 5.41) is 0. The molecule has 0 spiro atoms. The highest BCUT2D eigenvalue weighted by atomic mass is 32.2. The van der Waals surface area contributed by atoms with Crippen LogP contribution in [0.3, 0.4) is 0 Å². The minimum absolute atomic E-state index is 0.0399. The fraction of sp³-hybridized carbons (Fsp3) is 0.312. The van der Waals surface area contributed by atoms with Crippen LogP contribution in [0.25, 0.3) is 0 Å².